The molecule has 1 N–H and O–H groups in total. The molecule has 0 aliphatic heterocycles. The van der Waals surface area contributed by atoms with Gasteiger partial charge in [-0.15, -0.1) is 0 Å². The first-order chi connectivity index (χ1) is 9.10. The molecule has 0 unspecified atom stereocenters. The minimum absolute atomic E-state index is 0.194. The number of nitrogens with zero attached hydrogens (tertiary/aromatic N) is 1. The molecule has 0 aliphatic rings. The van der Waals surface area contributed by atoms with Gasteiger partial charge in [0.15, 0.2) is 0 Å². The number of hydrogen-bond donors (Lipinski definition) is 1. The third-order valence-electron chi connectivity index (χ3n) is 3.11. The molecule has 2 rings (SSSR count). The highest BCUT2D eigenvalue weighted by Crippen LogP contribution is 2.16. The Morgan fingerprint density at radius 2 is 1.89 bits per heavy atom. The van der Waals surface area contributed by atoms with Crippen LogP contribution in [0, 0.1) is 31.0 Å². The highest BCUT2D eigenvalue weighted by molar-refractivity contribution is 5.47. The van der Waals surface area contributed by atoms with Crippen LogP contribution in [0.1, 0.15) is 22.3 Å². The molecule has 0 bridgehead atoms. The number of anilines is 1. The first-order valence-corrected chi connectivity index (χ1v) is 6.10. The second-order valence-electron chi connectivity index (χ2n) is 4.57. The standard InChI is InChI=1S/C16H15FN2/c1-11-7-13(9-18)3-4-14(11)10-19-15-5-6-16(17)12(2)8-15/h3-8,19H,10H2,1-2H3. The lowest BCUT2D eigenvalue weighted by Gasteiger charge is -2.10. The van der Waals surface area contributed by atoms with Gasteiger partial charge in [-0.3, -0.25) is 0 Å². The quantitative estimate of drug-likeness (QED) is 0.900. The van der Waals surface area contributed by atoms with Gasteiger partial charge in [-0.25, -0.2) is 4.39 Å². The maximum atomic E-state index is 13.2. The monoisotopic (exact) mass is 254 g/mol. The van der Waals surface area contributed by atoms with Crippen LogP contribution in [0.5, 0.6) is 0 Å². The Kier molecular flexibility index (Phi) is 3.82. The van der Waals surface area contributed by atoms with Crippen molar-refractivity contribution < 1.29 is 4.39 Å². The van der Waals surface area contributed by atoms with Crippen molar-refractivity contribution in [1.82, 2.24) is 0 Å². The zero-order chi connectivity index (χ0) is 13.8. The Morgan fingerprint density at radius 3 is 2.53 bits per heavy atom. The summed E-state index contributed by atoms with van der Waals surface area (Å²) in [7, 11) is 0. The first-order valence-electron chi connectivity index (χ1n) is 6.10. The topological polar surface area (TPSA) is 35.8 Å². The smallest absolute Gasteiger partial charge is 0.126 e. The fraction of sp³-hybridized carbons (Fsp3) is 0.188. The maximum Gasteiger partial charge on any atom is 0.126 e. The van der Waals surface area contributed by atoms with Crippen LogP contribution in [0.15, 0.2) is 36.4 Å². The Balaban J connectivity index is 2.10. The lowest BCUT2D eigenvalue weighted by molar-refractivity contribution is 0.618. The van der Waals surface area contributed by atoms with Gasteiger partial charge in [0.25, 0.3) is 0 Å². The summed E-state index contributed by atoms with van der Waals surface area (Å²) in [6.07, 6.45) is 0. The van der Waals surface area contributed by atoms with Gasteiger partial charge in [-0.2, -0.15) is 5.26 Å². The van der Waals surface area contributed by atoms with Crippen LogP contribution in [0.3, 0.4) is 0 Å². The van der Waals surface area contributed by atoms with Gasteiger partial charge in [-0.05, 0) is 60.9 Å². The number of benzene rings is 2. The minimum atomic E-state index is -0.194. The van der Waals surface area contributed by atoms with Gasteiger partial charge in [0.05, 0.1) is 11.6 Å². The lowest BCUT2D eigenvalue weighted by Crippen LogP contribution is -2.02. The highest BCUT2D eigenvalue weighted by Gasteiger charge is 2.02. The largest absolute Gasteiger partial charge is 0.381 e. The first kappa shape index (κ1) is 13.1. The summed E-state index contributed by atoms with van der Waals surface area (Å²) in [4.78, 5) is 0. The van der Waals surface area contributed by atoms with Crippen LogP contribution >= 0.6 is 0 Å². The normalized spacial score (nSPS) is 10.0. The van der Waals surface area contributed by atoms with Gasteiger partial charge in [0.1, 0.15) is 5.82 Å². The maximum absolute atomic E-state index is 13.2. The van der Waals surface area contributed by atoms with Gasteiger partial charge in [0.2, 0.25) is 0 Å². The minimum Gasteiger partial charge on any atom is -0.381 e. The average Bonchev–Trinajstić information content (AvgIpc) is 2.41. The van der Waals surface area contributed by atoms with E-state index in [1.54, 1.807) is 25.1 Å². The average molecular weight is 254 g/mol. The molecule has 2 nitrogen and oxygen atoms in total. The van der Waals surface area contributed by atoms with E-state index in [1.165, 1.54) is 6.07 Å². The molecular weight excluding hydrogens is 239 g/mol. The van der Waals surface area contributed by atoms with Crippen LogP contribution in [-0.2, 0) is 6.54 Å². The summed E-state index contributed by atoms with van der Waals surface area (Å²) in [6, 6.07) is 12.7. The number of hydrogen-bond acceptors (Lipinski definition) is 2. The lowest BCUT2D eigenvalue weighted by atomic mass is 10.1. The number of aryl methyl sites for hydroxylation is 2. The summed E-state index contributed by atoms with van der Waals surface area (Å²) >= 11 is 0. The zero-order valence-corrected chi connectivity index (χ0v) is 11.0. The molecule has 2 aromatic carbocycles. The molecule has 0 saturated heterocycles. The third-order valence-corrected chi connectivity index (χ3v) is 3.11. The van der Waals surface area contributed by atoms with E-state index in [-0.39, 0.29) is 5.82 Å². The molecule has 2 aromatic rings. The Labute approximate surface area is 112 Å². The Hall–Kier alpha value is -2.34. The highest BCUT2D eigenvalue weighted by atomic mass is 19.1. The van der Waals surface area contributed by atoms with Gasteiger partial charge < -0.3 is 5.32 Å². The molecular formula is C16H15FN2. The van der Waals surface area contributed by atoms with Crippen LogP contribution in [-0.4, -0.2) is 0 Å². The van der Waals surface area contributed by atoms with E-state index < -0.39 is 0 Å². The number of nitrogens with one attached hydrogen (secondary N) is 1. The van der Waals surface area contributed by atoms with E-state index in [0.29, 0.717) is 17.7 Å². The van der Waals surface area contributed by atoms with Crippen LogP contribution < -0.4 is 5.32 Å². The predicted molar refractivity (Wildman–Crippen MR) is 74.4 cm³/mol. The van der Waals surface area contributed by atoms with Crippen molar-refractivity contribution in [3.05, 3.63) is 64.5 Å². The SMILES string of the molecule is Cc1cc(NCc2ccc(C#N)cc2C)ccc1F. The van der Waals surface area contributed by atoms with Crippen molar-refractivity contribution in [2.24, 2.45) is 0 Å². The molecule has 96 valence electrons. The number of halogens is 1. The Morgan fingerprint density at radius 1 is 1.11 bits per heavy atom. The van der Waals surface area contributed by atoms with Crippen LogP contribution in [0.25, 0.3) is 0 Å². The molecule has 0 radical (unpaired) electrons. The van der Waals surface area contributed by atoms with E-state index in [4.69, 9.17) is 5.26 Å². The van der Waals surface area contributed by atoms with Crippen molar-refractivity contribution in [2.45, 2.75) is 20.4 Å². The number of nitriles is 1. The molecule has 0 heterocycles. The molecule has 0 aromatic heterocycles. The second-order valence-corrected chi connectivity index (χ2v) is 4.57. The van der Waals surface area contributed by atoms with Gasteiger partial charge >= 0.3 is 0 Å². The summed E-state index contributed by atoms with van der Waals surface area (Å²) in [5, 5.41) is 12.1. The molecule has 19 heavy (non-hydrogen) atoms. The fourth-order valence-corrected chi connectivity index (χ4v) is 1.92. The molecule has 0 aliphatic carbocycles. The molecule has 0 fully saturated rings. The van der Waals surface area contributed by atoms with E-state index in [0.717, 1.165) is 16.8 Å². The van der Waals surface area contributed by atoms with E-state index >= 15 is 0 Å². The number of rotatable bonds is 3. The van der Waals surface area contributed by atoms with Crippen LogP contribution in [0.4, 0.5) is 10.1 Å². The summed E-state index contributed by atoms with van der Waals surface area (Å²) in [6.45, 7) is 4.38. The van der Waals surface area contributed by atoms with Crippen molar-refractivity contribution in [3.8, 4) is 6.07 Å². The second kappa shape index (κ2) is 5.53. The fourth-order valence-electron chi connectivity index (χ4n) is 1.92. The third kappa shape index (κ3) is 3.11. The summed E-state index contributed by atoms with van der Waals surface area (Å²) in [5.41, 5.74) is 4.38. The molecule has 0 atom stereocenters. The molecule has 0 amide bonds. The van der Waals surface area contributed by atoms with Crippen molar-refractivity contribution in [2.75, 3.05) is 5.32 Å². The molecule has 3 heteroatoms. The summed E-state index contributed by atoms with van der Waals surface area (Å²) in [5.74, 6) is -0.194. The van der Waals surface area contributed by atoms with Crippen molar-refractivity contribution in [1.29, 1.82) is 5.26 Å². The summed E-state index contributed by atoms with van der Waals surface area (Å²) < 4.78 is 13.2. The van der Waals surface area contributed by atoms with E-state index in [2.05, 4.69) is 11.4 Å². The van der Waals surface area contributed by atoms with E-state index in [1.807, 2.05) is 19.1 Å². The molecule has 0 saturated carbocycles. The van der Waals surface area contributed by atoms with Gasteiger partial charge in [0, 0.05) is 12.2 Å². The zero-order valence-electron chi connectivity index (χ0n) is 11.0. The predicted octanol–water partition coefficient (Wildman–Crippen LogP) is 3.93. The van der Waals surface area contributed by atoms with Crippen molar-refractivity contribution >= 4 is 5.69 Å². The van der Waals surface area contributed by atoms with Gasteiger partial charge in [-0.1, -0.05) is 6.07 Å². The van der Waals surface area contributed by atoms with E-state index in [9.17, 15) is 4.39 Å². The van der Waals surface area contributed by atoms with Crippen LogP contribution in [0.2, 0.25) is 0 Å². The Bertz CT molecular complexity index is 642. The molecule has 0 spiro atoms. The van der Waals surface area contributed by atoms with Crippen molar-refractivity contribution in [3.63, 3.8) is 0 Å².